The maximum absolute atomic E-state index is 12.4. The lowest BCUT2D eigenvalue weighted by molar-refractivity contribution is 0.0526. The Hall–Kier alpha value is -2.94. The van der Waals surface area contributed by atoms with E-state index in [9.17, 15) is 9.59 Å². The number of esters is 1. The van der Waals surface area contributed by atoms with Crippen LogP contribution in [0.1, 0.15) is 44.6 Å². The summed E-state index contributed by atoms with van der Waals surface area (Å²) in [5.41, 5.74) is 7.02. The molecule has 0 radical (unpaired) electrons. The lowest BCUT2D eigenvalue weighted by Crippen LogP contribution is -2.17. The second kappa shape index (κ2) is 9.71. The van der Waals surface area contributed by atoms with Gasteiger partial charge in [-0.3, -0.25) is 4.79 Å². The van der Waals surface area contributed by atoms with Crippen LogP contribution < -0.4 is 5.43 Å². The number of aromatic nitrogens is 1. The van der Waals surface area contributed by atoms with E-state index in [1.54, 1.807) is 31.3 Å². The van der Waals surface area contributed by atoms with Crippen LogP contribution in [-0.2, 0) is 4.74 Å². The molecule has 0 saturated heterocycles. The number of nitrogens with one attached hydrogen (secondary N) is 1. The number of hydrogen-bond acceptors (Lipinski definition) is 4. The van der Waals surface area contributed by atoms with Crippen LogP contribution in [0.15, 0.2) is 59.7 Å². The van der Waals surface area contributed by atoms with Gasteiger partial charge < -0.3 is 9.30 Å². The average molecular weight is 515 g/mol. The van der Waals surface area contributed by atoms with Crippen LogP contribution in [0.5, 0.6) is 0 Å². The second-order valence-electron chi connectivity index (χ2n) is 6.61. The Morgan fingerprint density at radius 1 is 1.13 bits per heavy atom. The van der Waals surface area contributed by atoms with Crippen LogP contribution in [0.3, 0.4) is 0 Å². The fourth-order valence-electron chi connectivity index (χ4n) is 3.17. The molecule has 30 heavy (non-hydrogen) atoms. The van der Waals surface area contributed by atoms with Crippen molar-refractivity contribution in [2.75, 3.05) is 6.61 Å². The monoisotopic (exact) mass is 515 g/mol. The molecule has 0 bridgehead atoms. The number of rotatable bonds is 6. The first-order valence-electron chi connectivity index (χ1n) is 9.46. The molecule has 0 spiro atoms. The predicted octanol–water partition coefficient (Wildman–Crippen LogP) is 4.64. The lowest BCUT2D eigenvalue weighted by Gasteiger charge is -2.14. The van der Waals surface area contributed by atoms with Crippen molar-refractivity contribution in [3.63, 3.8) is 0 Å². The van der Waals surface area contributed by atoms with E-state index in [2.05, 4.69) is 33.1 Å². The number of hydrogen-bond donors (Lipinski definition) is 1. The number of para-hydroxylation sites is 1. The fraction of sp³-hybridized carbons (Fsp3) is 0.174. The Kier molecular flexibility index (Phi) is 7.04. The Morgan fingerprint density at radius 2 is 1.83 bits per heavy atom. The van der Waals surface area contributed by atoms with Gasteiger partial charge in [0.15, 0.2) is 0 Å². The Bertz CT molecular complexity index is 1100. The van der Waals surface area contributed by atoms with Gasteiger partial charge in [-0.25, -0.2) is 10.2 Å². The number of nitrogens with zero attached hydrogens (tertiary/aromatic N) is 2. The van der Waals surface area contributed by atoms with Crippen LogP contribution in [0.4, 0.5) is 0 Å². The third-order valence-corrected chi connectivity index (χ3v) is 5.31. The molecule has 1 N–H and O–H groups in total. The summed E-state index contributed by atoms with van der Waals surface area (Å²) < 4.78 is 8.23. The highest BCUT2D eigenvalue weighted by Crippen LogP contribution is 2.23. The van der Waals surface area contributed by atoms with Crippen molar-refractivity contribution < 1.29 is 14.3 Å². The van der Waals surface area contributed by atoms with Crippen LogP contribution in [0.25, 0.3) is 5.69 Å². The summed E-state index contributed by atoms with van der Waals surface area (Å²) in [4.78, 5) is 24.6. The summed E-state index contributed by atoms with van der Waals surface area (Å²) in [5.74, 6) is -0.635. The van der Waals surface area contributed by atoms with Crippen LogP contribution >= 0.6 is 22.6 Å². The molecule has 3 rings (SSSR count). The van der Waals surface area contributed by atoms with Gasteiger partial charge in [0.05, 0.1) is 24.1 Å². The summed E-state index contributed by atoms with van der Waals surface area (Å²) in [7, 11) is 0. The van der Waals surface area contributed by atoms with Gasteiger partial charge in [-0.05, 0) is 85.8 Å². The fourth-order valence-corrected chi connectivity index (χ4v) is 3.52. The molecule has 0 unspecified atom stereocenters. The molecule has 0 atom stereocenters. The third-order valence-electron chi connectivity index (χ3n) is 4.59. The number of benzene rings is 2. The van der Waals surface area contributed by atoms with E-state index in [4.69, 9.17) is 4.74 Å². The van der Waals surface area contributed by atoms with Crippen LogP contribution in [0.2, 0.25) is 0 Å². The van der Waals surface area contributed by atoms with E-state index in [1.165, 1.54) is 0 Å². The second-order valence-corrected chi connectivity index (χ2v) is 7.85. The first-order chi connectivity index (χ1) is 14.4. The molecule has 0 saturated carbocycles. The molecule has 7 heteroatoms. The van der Waals surface area contributed by atoms with Crippen molar-refractivity contribution in [1.29, 1.82) is 0 Å². The molecule has 0 fully saturated rings. The largest absolute Gasteiger partial charge is 0.462 e. The first kappa shape index (κ1) is 21.8. The van der Waals surface area contributed by atoms with E-state index in [-0.39, 0.29) is 11.9 Å². The van der Waals surface area contributed by atoms with Gasteiger partial charge in [0, 0.05) is 26.1 Å². The quantitative estimate of drug-likeness (QED) is 0.225. The summed E-state index contributed by atoms with van der Waals surface area (Å²) in [6.45, 7) is 5.99. The number of hydrazone groups is 1. The van der Waals surface area contributed by atoms with Gasteiger partial charge in [-0.2, -0.15) is 5.10 Å². The summed E-state index contributed by atoms with van der Waals surface area (Å²) in [6, 6.07) is 16.5. The van der Waals surface area contributed by atoms with Crippen molar-refractivity contribution in [2.45, 2.75) is 20.8 Å². The lowest BCUT2D eigenvalue weighted by atomic mass is 10.1. The molecular weight excluding hydrogens is 493 g/mol. The topological polar surface area (TPSA) is 72.7 Å². The number of ether oxygens (including phenoxy) is 1. The number of halogens is 1. The Morgan fingerprint density at radius 3 is 2.53 bits per heavy atom. The number of aryl methyl sites for hydroxylation is 1. The molecule has 1 amide bonds. The number of amides is 1. The molecular formula is C23H22IN3O3. The molecule has 0 aliphatic rings. The van der Waals surface area contributed by atoms with E-state index in [1.807, 2.05) is 54.8 Å². The van der Waals surface area contributed by atoms with Gasteiger partial charge in [0.1, 0.15) is 0 Å². The number of carbonyl (C=O) groups is 2. The zero-order valence-electron chi connectivity index (χ0n) is 17.0. The minimum absolute atomic E-state index is 0.274. The van der Waals surface area contributed by atoms with Gasteiger partial charge in [0.25, 0.3) is 5.91 Å². The Balaban J connectivity index is 1.85. The zero-order valence-corrected chi connectivity index (χ0v) is 19.1. The minimum atomic E-state index is -0.361. The molecule has 0 aliphatic heterocycles. The van der Waals surface area contributed by atoms with Crippen LogP contribution in [-0.4, -0.2) is 29.3 Å². The molecule has 6 nitrogen and oxygen atoms in total. The van der Waals surface area contributed by atoms with Crippen molar-refractivity contribution in [3.8, 4) is 5.69 Å². The predicted molar refractivity (Wildman–Crippen MR) is 125 cm³/mol. The van der Waals surface area contributed by atoms with E-state index in [0.717, 1.165) is 26.2 Å². The Labute approximate surface area is 189 Å². The van der Waals surface area contributed by atoms with Gasteiger partial charge in [0.2, 0.25) is 0 Å². The maximum atomic E-state index is 12.4. The molecule has 3 aromatic rings. The maximum Gasteiger partial charge on any atom is 0.340 e. The van der Waals surface area contributed by atoms with Crippen molar-refractivity contribution in [1.82, 2.24) is 9.99 Å². The molecule has 154 valence electrons. The summed E-state index contributed by atoms with van der Waals surface area (Å²) in [5, 5.41) is 4.10. The molecule has 1 heterocycles. The van der Waals surface area contributed by atoms with E-state index >= 15 is 0 Å². The van der Waals surface area contributed by atoms with Crippen molar-refractivity contribution >= 4 is 40.7 Å². The minimum Gasteiger partial charge on any atom is -0.462 e. The average Bonchev–Trinajstić information content (AvgIpc) is 3.01. The normalized spacial score (nSPS) is 10.9. The van der Waals surface area contributed by atoms with Crippen molar-refractivity contribution in [3.05, 3.63) is 86.2 Å². The highest BCUT2D eigenvalue weighted by molar-refractivity contribution is 14.1. The van der Waals surface area contributed by atoms with Crippen molar-refractivity contribution in [2.24, 2.45) is 5.10 Å². The van der Waals surface area contributed by atoms with E-state index < -0.39 is 0 Å². The van der Waals surface area contributed by atoms with Gasteiger partial charge >= 0.3 is 5.97 Å². The zero-order chi connectivity index (χ0) is 21.7. The first-order valence-corrected chi connectivity index (χ1v) is 10.5. The number of carbonyl (C=O) groups excluding carboxylic acids is 2. The molecule has 2 aromatic carbocycles. The highest BCUT2D eigenvalue weighted by atomic mass is 127. The molecule has 1 aromatic heterocycles. The standard InChI is InChI=1S/C23H22IN3O3/c1-4-30-23(29)20-7-5-6-8-21(20)27-15(2)13-18(16(27)3)14-25-26-22(28)17-9-11-19(24)12-10-17/h5-14H,4H2,1-3H3,(H,26,28)/b25-14-. The van der Waals surface area contributed by atoms with Crippen LogP contribution in [0, 0.1) is 17.4 Å². The summed E-state index contributed by atoms with van der Waals surface area (Å²) in [6.07, 6.45) is 1.61. The highest BCUT2D eigenvalue weighted by Gasteiger charge is 2.17. The SMILES string of the molecule is CCOC(=O)c1ccccc1-n1c(C)cc(/C=N\NC(=O)c2ccc(I)cc2)c1C. The smallest absolute Gasteiger partial charge is 0.340 e. The van der Waals surface area contributed by atoms with Gasteiger partial charge in [-0.15, -0.1) is 0 Å². The van der Waals surface area contributed by atoms with E-state index in [0.29, 0.717) is 17.7 Å². The van der Waals surface area contributed by atoms with Gasteiger partial charge in [-0.1, -0.05) is 12.1 Å². The summed E-state index contributed by atoms with van der Waals surface area (Å²) >= 11 is 2.19. The third kappa shape index (κ3) is 4.79. The molecule has 0 aliphatic carbocycles.